The normalized spacial score (nSPS) is 12.9. The van der Waals surface area contributed by atoms with Crippen molar-refractivity contribution in [3.63, 3.8) is 0 Å². The number of halogens is 1. The lowest BCUT2D eigenvalue weighted by molar-refractivity contribution is 0.265. The predicted molar refractivity (Wildman–Crippen MR) is 95.6 cm³/mol. The van der Waals surface area contributed by atoms with Crippen molar-refractivity contribution in [2.45, 2.75) is 19.0 Å². The lowest BCUT2D eigenvalue weighted by Gasteiger charge is -2.05. The molecule has 8 heteroatoms. The largest absolute Gasteiger partial charge is 0.395 e. The van der Waals surface area contributed by atoms with Gasteiger partial charge in [-0.25, -0.2) is 0 Å². The highest BCUT2D eigenvalue weighted by Gasteiger charge is 2.18. The molecule has 3 aromatic rings. The number of aliphatic hydroxyl groups excluding tert-OH is 1. The van der Waals surface area contributed by atoms with Crippen LogP contribution < -0.4 is 11.1 Å². The van der Waals surface area contributed by atoms with Crippen molar-refractivity contribution in [3.05, 3.63) is 31.7 Å². The standard InChI is InChI=1S/C13H14BrN3OS3/c14-10-9(4-7(15)6-18)20-12-11(10)17-21-13(12)16-5-8-2-1-3-19-8/h1-3,7,16,18H,4-6,15H2/t7-/m1/s1. The molecule has 0 radical (unpaired) electrons. The summed E-state index contributed by atoms with van der Waals surface area (Å²) in [6, 6.07) is 3.95. The van der Waals surface area contributed by atoms with E-state index in [9.17, 15) is 0 Å². The van der Waals surface area contributed by atoms with Crippen LogP contribution in [-0.2, 0) is 13.0 Å². The fraction of sp³-hybridized carbons (Fsp3) is 0.308. The molecule has 0 bridgehead atoms. The minimum Gasteiger partial charge on any atom is -0.395 e. The van der Waals surface area contributed by atoms with Gasteiger partial charge in [0.2, 0.25) is 0 Å². The van der Waals surface area contributed by atoms with E-state index in [1.165, 1.54) is 16.4 Å². The highest BCUT2D eigenvalue weighted by Crippen LogP contribution is 2.42. The molecule has 0 aliphatic heterocycles. The maximum absolute atomic E-state index is 9.10. The maximum Gasteiger partial charge on any atom is 0.127 e. The third kappa shape index (κ3) is 3.30. The Labute approximate surface area is 142 Å². The van der Waals surface area contributed by atoms with E-state index in [0.29, 0.717) is 6.42 Å². The lowest BCUT2D eigenvalue weighted by atomic mass is 10.2. The molecule has 1 atom stereocenters. The number of rotatable bonds is 6. The average molecular weight is 404 g/mol. The molecule has 0 spiro atoms. The van der Waals surface area contributed by atoms with Crippen LogP contribution >= 0.6 is 50.1 Å². The van der Waals surface area contributed by atoms with Crippen LogP contribution in [0.5, 0.6) is 0 Å². The SMILES string of the molecule is N[C@@H](CO)Cc1sc2c(NCc3cccs3)snc2c1Br. The Bertz CT molecular complexity index is 723. The first-order chi connectivity index (χ1) is 10.2. The first-order valence-corrected chi connectivity index (χ1v) is 9.64. The zero-order valence-electron chi connectivity index (χ0n) is 11.0. The Kier molecular flexibility index (Phi) is 4.92. The van der Waals surface area contributed by atoms with Gasteiger partial charge in [0.25, 0.3) is 0 Å². The van der Waals surface area contributed by atoms with E-state index < -0.39 is 0 Å². The number of anilines is 1. The van der Waals surface area contributed by atoms with E-state index >= 15 is 0 Å². The van der Waals surface area contributed by atoms with Gasteiger partial charge in [0.15, 0.2) is 0 Å². The Hall–Kier alpha value is -0.510. The van der Waals surface area contributed by atoms with Crippen LogP contribution in [0.2, 0.25) is 0 Å². The maximum atomic E-state index is 9.10. The molecule has 21 heavy (non-hydrogen) atoms. The Morgan fingerprint density at radius 2 is 2.33 bits per heavy atom. The topological polar surface area (TPSA) is 71.2 Å². The van der Waals surface area contributed by atoms with Crippen molar-refractivity contribution in [1.29, 1.82) is 0 Å². The molecule has 3 heterocycles. The second-order valence-corrected chi connectivity index (χ2v) is 8.31. The molecular weight excluding hydrogens is 390 g/mol. The highest BCUT2D eigenvalue weighted by molar-refractivity contribution is 9.10. The van der Waals surface area contributed by atoms with E-state index in [1.807, 2.05) is 0 Å². The van der Waals surface area contributed by atoms with Crippen LogP contribution in [0.15, 0.2) is 22.0 Å². The molecule has 0 aliphatic carbocycles. The minimum atomic E-state index is -0.227. The molecule has 0 unspecified atom stereocenters. The van der Waals surface area contributed by atoms with Gasteiger partial charge in [-0.15, -0.1) is 22.7 Å². The van der Waals surface area contributed by atoms with Crippen molar-refractivity contribution >= 4 is 65.4 Å². The molecule has 0 fully saturated rings. The molecule has 3 aromatic heterocycles. The third-order valence-electron chi connectivity index (χ3n) is 3.01. The van der Waals surface area contributed by atoms with Gasteiger partial charge < -0.3 is 16.2 Å². The van der Waals surface area contributed by atoms with E-state index in [1.54, 1.807) is 22.7 Å². The number of hydrogen-bond acceptors (Lipinski definition) is 7. The minimum absolute atomic E-state index is 0.00585. The summed E-state index contributed by atoms with van der Waals surface area (Å²) in [4.78, 5) is 2.44. The smallest absolute Gasteiger partial charge is 0.127 e. The zero-order chi connectivity index (χ0) is 14.8. The van der Waals surface area contributed by atoms with Crippen molar-refractivity contribution in [3.8, 4) is 0 Å². The van der Waals surface area contributed by atoms with Crippen LogP contribution in [0.4, 0.5) is 5.00 Å². The summed E-state index contributed by atoms with van der Waals surface area (Å²) in [5.74, 6) is 0. The second-order valence-electron chi connectivity index (χ2n) is 4.61. The van der Waals surface area contributed by atoms with E-state index in [-0.39, 0.29) is 12.6 Å². The highest BCUT2D eigenvalue weighted by atomic mass is 79.9. The summed E-state index contributed by atoms with van der Waals surface area (Å²) in [7, 11) is 0. The van der Waals surface area contributed by atoms with Crippen LogP contribution in [0.3, 0.4) is 0 Å². The molecule has 0 aliphatic rings. The number of fused-ring (bicyclic) bond motifs is 1. The Morgan fingerprint density at radius 1 is 1.48 bits per heavy atom. The third-order valence-corrected chi connectivity index (χ3v) is 7.16. The first kappa shape index (κ1) is 15.4. The molecule has 0 amide bonds. The summed E-state index contributed by atoms with van der Waals surface area (Å²) < 4.78 is 6.68. The zero-order valence-corrected chi connectivity index (χ0v) is 15.0. The molecular formula is C13H14BrN3OS3. The molecule has 0 saturated heterocycles. The van der Waals surface area contributed by atoms with Crippen molar-refractivity contribution in [2.24, 2.45) is 5.73 Å². The molecule has 4 nitrogen and oxygen atoms in total. The van der Waals surface area contributed by atoms with Gasteiger partial charge in [0, 0.05) is 22.2 Å². The van der Waals surface area contributed by atoms with E-state index in [0.717, 1.165) is 31.1 Å². The predicted octanol–water partition coefficient (Wildman–Crippen LogP) is 3.66. The molecule has 112 valence electrons. The second kappa shape index (κ2) is 6.72. The number of nitrogens with one attached hydrogen (secondary N) is 1. The van der Waals surface area contributed by atoms with Crippen LogP contribution in [-0.4, -0.2) is 22.1 Å². The van der Waals surface area contributed by atoms with Gasteiger partial charge in [-0.05, 0) is 38.9 Å². The van der Waals surface area contributed by atoms with Crippen LogP contribution in [0, 0.1) is 0 Å². The van der Waals surface area contributed by atoms with Gasteiger partial charge in [-0.2, -0.15) is 4.37 Å². The molecule has 0 aromatic carbocycles. The lowest BCUT2D eigenvalue weighted by Crippen LogP contribution is -2.26. The fourth-order valence-electron chi connectivity index (χ4n) is 1.94. The number of thiophene rings is 2. The Balaban J connectivity index is 1.82. The fourth-order valence-corrected chi connectivity index (χ4v) is 5.64. The van der Waals surface area contributed by atoms with Gasteiger partial charge in [-0.1, -0.05) is 6.07 Å². The van der Waals surface area contributed by atoms with Gasteiger partial charge in [0.1, 0.15) is 10.5 Å². The van der Waals surface area contributed by atoms with Crippen LogP contribution in [0.1, 0.15) is 9.75 Å². The molecule has 0 saturated carbocycles. The van der Waals surface area contributed by atoms with Crippen LogP contribution in [0.25, 0.3) is 10.2 Å². The number of aromatic nitrogens is 1. The summed E-state index contributed by atoms with van der Waals surface area (Å²) in [6.45, 7) is 0.810. The first-order valence-electron chi connectivity index (χ1n) is 6.38. The number of hydrogen-bond donors (Lipinski definition) is 3. The van der Waals surface area contributed by atoms with Gasteiger partial charge >= 0.3 is 0 Å². The molecule has 3 rings (SSSR count). The molecule has 4 N–H and O–H groups in total. The number of aliphatic hydroxyl groups is 1. The van der Waals surface area contributed by atoms with Crippen molar-refractivity contribution in [2.75, 3.05) is 11.9 Å². The summed E-state index contributed by atoms with van der Waals surface area (Å²) in [6.07, 6.45) is 0.660. The van der Waals surface area contributed by atoms with E-state index in [4.69, 9.17) is 10.8 Å². The average Bonchev–Trinajstić information content (AvgIpc) is 3.17. The summed E-state index contributed by atoms with van der Waals surface area (Å²) in [5, 5.41) is 15.7. The van der Waals surface area contributed by atoms with Crippen molar-refractivity contribution < 1.29 is 5.11 Å². The quantitative estimate of drug-likeness (QED) is 0.587. The van der Waals surface area contributed by atoms with E-state index in [2.05, 4.69) is 43.1 Å². The number of nitrogens with zero attached hydrogens (tertiary/aromatic N) is 1. The Morgan fingerprint density at radius 3 is 3.05 bits per heavy atom. The number of nitrogens with two attached hydrogens (primary N) is 1. The van der Waals surface area contributed by atoms with Gasteiger partial charge in [0.05, 0.1) is 22.3 Å². The monoisotopic (exact) mass is 403 g/mol. The van der Waals surface area contributed by atoms with Crippen molar-refractivity contribution in [1.82, 2.24) is 4.37 Å². The van der Waals surface area contributed by atoms with Gasteiger partial charge in [-0.3, -0.25) is 0 Å². The summed E-state index contributed by atoms with van der Waals surface area (Å²) in [5.41, 5.74) is 6.81. The summed E-state index contributed by atoms with van der Waals surface area (Å²) >= 11 is 8.52.